The third-order valence-electron chi connectivity index (χ3n) is 4.21. The zero-order valence-electron chi connectivity index (χ0n) is 14.8. The minimum Gasteiger partial charge on any atom is -0.872 e. The molecule has 29 heavy (non-hydrogen) atoms. The Hall–Kier alpha value is -3.54. The average Bonchev–Trinajstić information content (AvgIpc) is 2.67. The molecule has 7 heteroatoms. The molecule has 145 valence electrons. The Balaban J connectivity index is 0.000000200. The monoisotopic (exact) mass is 429 g/mol. The van der Waals surface area contributed by atoms with Crippen LogP contribution in [-0.2, 0) is 17.1 Å². The molecule has 0 bridgehead atoms. The van der Waals surface area contributed by atoms with E-state index < -0.39 is 23.4 Å². The van der Waals surface area contributed by atoms with Crippen molar-refractivity contribution in [2.24, 2.45) is 0 Å². The quantitative estimate of drug-likeness (QED) is 0.472. The van der Waals surface area contributed by atoms with E-state index in [9.17, 15) is 19.8 Å². The minimum atomic E-state index is -1.17. The van der Waals surface area contributed by atoms with Crippen LogP contribution in [0.5, 0.6) is 11.5 Å². The van der Waals surface area contributed by atoms with Gasteiger partial charge in [-0.3, -0.25) is 0 Å². The first-order chi connectivity index (χ1) is 13.4. The van der Waals surface area contributed by atoms with E-state index in [4.69, 9.17) is 10.2 Å². The molecule has 6 nitrogen and oxygen atoms in total. The number of carbonyl (C=O) groups is 2. The molecule has 1 radical (unpaired) electrons. The molecule has 0 amide bonds. The predicted octanol–water partition coefficient (Wildman–Crippen LogP) is 3.22. The summed E-state index contributed by atoms with van der Waals surface area (Å²) in [5, 5.41) is 42.8. The van der Waals surface area contributed by atoms with E-state index in [2.05, 4.69) is 0 Å². The summed E-state index contributed by atoms with van der Waals surface area (Å²) in [7, 11) is 0. The first kappa shape index (κ1) is 21.8. The van der Waals surface area contributed by atoms with E-state index in [1.54, 1.807) is 60.7 Å². The van der Waals surface area contributed by atoms with Gasteiger partial charge in [0.15, 0.2) is 0 Å². The minimum absolute atomic E-state index is 0. The smallest absolute Gasteiger partial charge is 0.872 e. The molecule has 0 aliphatic rings. The standard InChI is InChI=1S/2C11H8O3.Mn/c2*12-9-6-5-7-3-1-2-4-8(7)10(9)11(13)14;/h2*1-6,12H,(H,13,14);/q;;+2/p-2. The van der Waals surface area contributed by atoms with Crippen LogP contribution in [0.3, 0.4) is 0 Å². The molecule has 0 unspecified atom stereocenters. The molecule has 0 heterocycles. The third kappa shape index (κ3) is 4.48. The van der Waals surface area contributed by atoms with Crippen LogP contribution in [-0.4, -0.2) is 22.2 Å². The van der Waals surface area contributed by atoms with Gasteiger partial charge in [-0.25, -0.2) is 9.59 Å². The van der Waals surface area contributed by atoms with Crippen LogP contribution in [0.1, 0.15) is 20.7 Å². The van der Waals surface area contributed by atoms with Crippen LogP contribution >= 0.6 is 0 Å². The SMILES string of the molecule is O=C(O)c1c([O-])ccc2ccccc12.O=C(O)c1c([O-])ccc2ccccc12.[Mn+2]. The van der Waals surface area contributed by atoms with Gasteiger partial charge in [0.05, 0.1) is 11.1 Å². The van der Waals surface area contributed by atoms with E-state index in [0.29, 0.717) is 10.8 Å². The fourth-order valence-electron chi connectivity index (χ4n) is 2.94. The van der Waals surface area contributed by atoms with Gasteiger partial charge < -0.3 is 20.4 Å². The number of carboxylic acids is 2. The van der Waals surface area contributed by atoms with Crippen molar-refractivity contribution >= 4 is 33.5 Å². The van der Waals surface area contributed by atoms with Crippen LogP contribution in [0, 0.1) is 0 Å². The number of fused-ring (bicyclic) bond motifs is 2. The second-order valence-electron chi connectivity index (χ2n) is 5.93. The molecule has 0 saturated carbocycles. The summed E-state index contributed by atoms with van der Waals surface area (Å²) < 4.78 is 0. The Morgan fingerprint density at radius 1 is 0.586 bits per heavy atom. The Morgan fingerprint density at radius 2 is 0.931 bits per heavy atom. The average molecular weight is 429 g/mol. The molecule has 0 fully saturated rings. The molecule has 0 aliphatic heterocycles. The van der Waals surface area contributed by atoms with Gasteiger partial charge >= 0.3 is 29.0 Å². The second kappa shape index (κ2) is 9.10. The van der Waals surface area contributed by atoms with Crippen molar-refractivity contribution in [3.05, 3.63) is 83.9 Å². The largest absolute Gasteiger partial charge is 2.00 e. The summed E-state index contributed by atoms with van der Waals surface area (Å²) >= 11 is 0. The summed E-state index contributed by atoms with van der Waals surface area (Å²) in [5.41, 5.74) is -0.300. The van der Waals surface area contributed by atoms with E-state index >= 15 is 0 Å². The van der Waals surface area contributed by atoms with Gasteiger partial charge in [-0.1, -0.05) is 84.3 Å². The summed E-state index contributed by atoms with van der Waals surface area (Å²) in [5.74, 6) is -3.24. The molecule has 0 spiro atoms. The van der Waals surface area contributed by atoms with Gasteiger partial charge in [0.2, 0.25) is 0 Å². The molecule has 0 aliphatic carbocycles. The fourth-order valence-corrected chi connectivity index (χ4v) is 2.94. The van der Waals surface area contributed by atoms with Crippen LogP contribution < -0.4 is 10.2 Å². The molecule has 2 N–H and O–H groups in total. The third-order valence-corrected chi connectivity index (χ3v) is 4.21. The fraction of sp³-hybridized carbons (Fsp3) is 0. The van der Waals surface area contributed by atoms with Gasteiger partial charge in [-0.15, -0.1) is 0 Å². The van der Waals surface area contributed by atoms with E-state index in [0.717, 1.165) is 10.8 Å². The van der Waals surface area contributed by atoms with Gasteiger partial charge in [-0.05, 0) is 21.5 Å². The van der Waals surface area contributed by atoms with Crippen molar-refractivity contribution < 1.29 is 47.1 Å². The Morgan fingerprint density at radius 3 is 1.28 bits per heavy atom. The van der Waals surface area contributed by atoms with E-state index in [-0.39, 0.29) is 28.2 Å². The van der Waals surface area contributed by atoms with Crippen LogP contribution in [0.25, 0.3) is 21.5 Å². The van der Waals surface area contributed by atoms with Crippen molar-refractivity contribution in [3.63, 3.8) is 0 Å². The Labute approximate surface area is 176 Å². The normalized spacial score (nSPS) is 9.93. The molecule has 0 saturated heterocycles. The Bertz CT molecular complexity index is 1110. The Kier molecular flexibility index (Phi) is 6.83. The van der Waals surface area contributed by atoms with Crippen molar-refractivity contribution in [1.29, 1.82) is 0 Å². The number of carboxylic acid groups (broad SMARTS) is 2. The summed E-state index contributed by atoms with van der Waals surface area (Å²) in [6, 6.07) is 19.7. The molecular formula is C22H14MnO6. The van der Waals surface area contributed by atoms with Crippen LogP contribution in [0.15, 0.2) is 72.8 Å². The van der Waals surface area contributed by atoms with Crippen LogP contribution in [0.2, 0.25) is 0 Å². The van der Waals surface area contributed by atoms with E-state index in [1.165, 1.54) is 12.1 Å². The molecule has 4 aromatic rings. The van der Waals surface area contributed by atoms with Gasteiger partial charge in [0, 0.05) is 0 Å². The van der Waals surface area contributed by atoms with Gasteiger partial charge in [0.1, 0.15) is 0 Å². The molecule has 4 aromatic carbocycles. The maximum atomic E-state index is 11.3. The number of benzene rings is 4. The zero-order valence-corrected chi connectivity index (χ0v) is 16.0. The van der Waals surface area contributed by atoms with E-state index in [1.807, 2.05) is 0 Å². The first-order valence-electron chi connectivity index (χ1n) is 8.24. The second-order valence-corrected chi connectivity index (χ2v) is 5.93. The zero-order chi connectivity index (χ0) is 20.3. The molecule has 0 atom stereocenters. The van der Waals surface area contributed by atoms with Gasteiger partial charge in [0.25, 0.3) is 0 Å². The van der Waals surface area contributed by atoms with Crippen molar-refractivity contribution in [2.75, 3.05) is 0 Å². The van der Waals surface area contributed by atoms with Gasteiger partial charge in [-0.2, -0.15) is 0 Å². The number of aromatic carboxylic acids is 2. The maximum Gasteiger partial charge on any atom is 2.00 e. The first-order valence-corrected chi connectivity index (χ1v) is 8.24. The van der Waals surface area contributed by atoms with Crippen molar-refractivity contribution in [1.82, 2.24) is 0 Å². The summed E-state index contributed by atoms with van der Waals surface area (Å²) in [6.07, 6.45) is 0. The maximum absolute atomic E-state index is 11.3. The van der Waals surface area contributed by atoms with Crippen LogP contribution in [0.4, 0.5) is 0 Å². The molecule has 4 rings (SSSR count). The molecule has 0 aromatic heterocycles. The van der Waals surface area contributed by atoms with Crippen molar-refractivity contribution in [3.8, 4) is 11.5 Å². The topological polar surface area (TPSA) is 121 Å². The predicted molar refractivity (Wildman–Crippen MR) is 101 cm³/mol. The molecular weight excluding hydrogens is 415 g/mol. The number of hydrogen-bond donors (Lipinski definition) is 2. The summed E-state index contributed by atoms with van der Waals surface area (Å²) in [4.78, 5) is 21.7. The summed E-state index contributed by atoms with van der Waals surface area (Å²) in [6.45, 7) is 0. The van der Waals surface area contributed by atoms with Crippen molar-refractivity contribution in [2.45, 2.75) is 0 Å². The number of hydrogen-bond acceptors (Lipinski definition) is 4. The number of rotatable bonds is 2.